The van der Waals surface area contributed by atoms with Crippen molar-refractivity contribution in [1.82, 2.24) is 4.90 Å². The van der Waals surface area contributed by atoms with Gasteiger partial charge in [0.15, 0.2) is 0 Å². The van der Waals surface area contributed by atoms with Crippen molar-refractivity contribution in [3.8, 4) is 0 Å². The SMILES string of the molecule is Cc1ccc2c(c1)[C@@H]1CN(C)CC[C@H]1N2C(=O)c1ccc(Br)cc1. The maximum absolute atomic E-state index is 13.2. The minimum atomic E-state index is 0.115. The lowest BCUT2D eigenvalue weighted by atomic mass is 9.88. The molecule has 0 spiro atoms. The maximum atomic E-state index is 13.2. The molecule has 4 rings (SSSR count). The van der Waals surface area contributed by atoms with Gasteiger partial charge in [-0.25, -0.2) is 0 Å². The van der Waals surface area contributed by atoms with E-state index >= 15 is 0 Å². The lowest BCUT2D eigenvalue weighted by molar-refractivity contribution is 0.0964. The summed E-state index contributed by atoms with van der Waals surface area (Å²) < 4.78 is 0.994. The molecule has 1 fully saturated rings. The van der Waals surface area contributed by atoms with Crippen molar-refractivity contribution in [3.63, 3.8) is 0 Å². The van der Waals surface area contributed by atoms with Crippen molar-refractivity contribution in [2.75, 3.05) is 25.0 Å². The van der Waals surface area contributed by atoms with Crippen molar-refractivity contribution < 1.29 is 4.79 Å². The maximum Gasteiger partial charge on any atom is 0.258 e. The number of hydrogen-bond acceptors (Lipinski definition) is 2. The van der Waals surface area contributed by atoms with E-state index in [9.17, 15) is 4.79 Å². The summed E-state index contributed by atoms with van der Waals surface area (Å²) in [5.74, 6) is 0.530. The standard InChI is InChI=1S/C20H21BrN2O/c1-13-3-8-18-16(11-13)17-12-22(2)10-9-19(17)23(18)20(24)14-4-6-15(21)7-5-14/h3-8,11,17,19H,9-10,12H2,1-2H3/t17-,19+/m0/s1. The first-order valence-electron chi connectivity index (χ1n) is 8.43. The monoisotopic (exact) mass is 384 g/mol. The van der Waals surface area contributed by atoms with E-state index in [4.69, 9.17) is 0 Å². The Bertz CT molecular complexity index is 787. The number of rotatable bonds is 1. The summed E-state index contributed by atoms with van der Waals surface area (Å²) in [6, 6.07) is 14.5. The van der Waals surface area contributed by atoms with Crippen LogP contribution in [0.4, 0.5) is 5.69 Å². The van der Waals surface area contributed by atoms with Crippen LogP contribution < -0.4 is 4.90 Å². The largest absolute Gasteiger partial charge is 0.306 e. The predicted octanol–water partition coefficient (Wildman–Crippen LogP) is 4.21. The highest BCUT2D eigenvalue weighted by Crippen LogP contribution is 2.45. The van der Waals surface area contributed by atoms with Crippen LogP contribution in [0.1, 0.15) is 33.8 Å². The van der Waals surface area contributed by atoms with Gasteiger partial charge in [-0.3, -0.25) is 4.79 Å². The molecule has 124 valence electrons. The molecule has 0 aliphatic carbocycles. The van der Waals surface area contributed by atoms with Crippen molar-refractivity contribution >= 4 is 27.5 Å². The third-order valence-electron chi connectivity index (χ3n) is 5.26. The van der Waals surface area contributed by atoms with Gasteiger partial charge in [-0.05, 0) is 62.8 Å². The minimum Gasteiger partial charge on any atom is -0.306 e. The zero-order chi connectivity index (χ0) is 16.8. The average molecular weight is 385 g/mol. The minimum absolute atomic E-state index is 0.115. The number of aryl methyl sites for hydroxylation is 1. The smallest absolute Gasteiger partial charge is 0.258 e. The van der Waals surface area contributed by atoms with Crippen LogP contribution in [0.25, 0.3) is 0 Å². The highest BCUT2D eigenvalue weighted by molar-refractivity contribution is 9.10. The molecule has 0 radical (unpaired) electrons. The van der Waals surface area contributed by atoms with Crippen molar-refractivity contribution in [3.05, 3.63) is 63.6 Å². The quantitative estimate of drug-likeness (QED) is 0.735. The van der Waals surface area contributed by atoms with Gasteiger partial charge >= 0.3 is 0 Å². The molecule has 0 saturated carbocycles. The van der Waals surface area contributed by atoms with Crippen LogP contribution in [0.2, 0.25) is 0 Å². The molecule has 2 heterocycles. The van der Waals surface area contributed by atoms with Crippen molar-refractivity contribution in [2.24, 2.45) is 0 Å². The molecule has 0 unspecified atom stereocenters. The first-order chi connectivity index (χ1) is 11.5. The highest BCUT2D eigenvalue weighted by Gasteiger charge is 2.43. The third kappa shape index (κ3) is 2.58. The Balaban J connectivity index is 1.77. The Morgan fingerprint density at radius 2 is 1.92 bits per heavy atom. The molecule has 4 heteroatoms. The van der Waals surface area contributed by atoms with Gasteiger partial charge in [0, 0.05) is 34.2 Å². The molecule has 24 heavy (non-hydrogen) atoms. The van der Waals surface area contributed by atoms with Crippen molar-refractivity contribution in [1.29, 1.82) is 0 Å². The number of hydrogen-bond donors (Lipinski definition) is 0. The third-order valence-corrected chi connectivity index (χ3v) is 5.79. The van der Waals surface area contributed by atoms with Crippen LogP contribution in [0.5, 0.6) is 0 Å². The van der Waals surface area contributed by atoms with E-state index in [0.29, 0.717) is 5.92 Å². The molecular weight excluding hydrogens is 364 g/mol. The Kier molecular flexibility index (Phi) is 3.97. The second-order valence-corrected chi connectivity index (χ2v) is 7.88. The zero-order valence-electron chi connectivity index (χ0n) is 14.0. The Morgan fingerprint density at radius 3 is 2.67 bits per heavy atom. The molecule has 2 aliphatic rings. The lowest BCUT2D eigenvalue weighted by Gasteiger charge is -2.36. The fourth-order valence-corrected chi connectivity index (χ4v) is 4.34. The number of likely N-dealkylation sites (tertiary alicyclic amines) is 1. The number of nitrogens with zero attached hydrogens (tertiary/aromatic N) is 2. The van der Waals surface area contributed by atoms with E-state index in [1.54, 1.807) is 0 Å². The second kappa shape index (κ2) is 6.01. The molecule has 0 bridgehead atoms. The number of likely N-dealkylation sites (N-methyl/N-ethyl adjacent to an activating group) is 1. The van der Waals surface area contributed by atoms with Crippen LogP contribution in [0.3, 0.4) is 0 Å². The summed E-state index contributed by atoms with van der Waals surface area (Å²) in [7, 11) is 2.17. The molecule has 0 aromatic heterocycles. The summed E-state index contributed by atoms with van der Waals surface area (Å²) in [4.78, 5) is 17.7. The molecule has 0 N–H and O–H groups in total. The topological polar surface area (TPSA) is 23.6 Å². The number of fused-ring (bicyclic) bond motifs is 3. The van der Waals surface area contributed by atoms with Crippen LogP contribution in [-0.4, -0.2) is 37.0 Å². The van der Waals surface area contributed by atoms with Gasteiger partial charge in [0.1, 0.15) is 0 Å². The Hall–Kier alpha value is -1.65. The number of piperidine rings is 1. The van der Waals surface area contributed by atoms with Crippen LogP contribution >= 0.6 is 15.9 Å². The summed E-state index contributed by atoms with van der Waals surface area (Å²) in [5.41, 5.74) is 4.44. The number of halogens is 1. The second-order valence-electron chi connectivity index (χ2n) is 6.97. The molecule has 1 saturated heterocycles. The molecule has 3 nitrogen and oxygen atoms in total. The van der Waals surface area contributed by atoms with Crippen LogP contribution in [-0.2, 0) is 0 Å². The first kappa shape index (κ1) is 15.9. The molecular formula is C20H21BrN2O. The van der Waals surface area contributed by atoms with Gasteiger partial charge < -0.3 is 9.80 Å². The van der Waals surface area contributed by atoms with Gasteiger partial charge in [0.05, 0.1) is 0 Å². The number of carbonyl (C=O) groups is 1. The number of carbonyl (C=O) groups excluding carboxylic acids is 1. The van der Waals surface area contributed by atoms with E-state index in [0.717, 1.165) is 35.2 Å². The summed E-state index contributed by atoms with van der Waals surface area (Å²) >= 11 is 3.44. The normalized spacial score (nSPS) is 23.0. The van der Waals surface area contributed by atoms with E-state index < -0.39 is 0 Å². The van der Waals surface area contributed by atoms with E-state index in [1.165, 1.54) is 11.1 Å². The van der Waals surface area contributed by atoms with Crippen molar-refractivity contribution in [2.45, 2.75) is 25.3 Å². The van der Waals surface area contributed by atoms with Crippen LogP contribution in [0, 0.1) is 6.92 Å². The van der Waals surface area contributed by atoms with Gasteiger partial charge in [-0.2, -0.15) is 0 Å². The van der Waals surface area contributed by atoms with Gasteiger partial charge in [0.25, 0.3) is 5.91 Å². The van der Waals surface area contributed by atoms with E-state index in [-0.39, 0.29) is 11.9 Å². The lowest BCUT2D eigenvalue weighted by Crippen LogP contribution is -2.47. The number of amides is 1. The van der Waals surface area contributed by atoms with E-state index in [1.807, 2.05) is 24.3 Å². The number of benzene rings is 2. The summed E-state index contributed by atoms with van der Waals surface area (Å²) in [6.07, 6.45) is 1.02. The average Bonchev–Trinajstić information content (AvgIpc) is 2.88. The molecule has 1 amide bonds. The molecule has 2 aromatic carbocycles. The first-order valence-corrected chi connectivity index (χ1v) is 9.22. The van der Waals surface area contributed by atoms with Gasteiger partial charge in [-0.15, -0.1) is 0 Å². The number of anilines is 1. The summed E-state index contributed by atoms with van der Waals surface area (Å²) in [6.45, 7) is 4.19. The predicted molar refractivity (Wildman–Crippen MR) is 101 cm³/mol. The van der Waals surface area contributed by atoms with Gasteiger partial charge in [-0.1, -0.05) is 33.6 Å². The fourth-order valence-electron chi connectivity index (χ4n) is 4.08. The fraction of sp³-hybridized carbons (Fsp3) is 0.350. The van der Waals surface area contributed by atoms with Crippen LogP contribution in [0.15, 0.2) is 46.9 Å². The molecule has 2 aromatic rings. The zero-order valence-corrected chi connectivity index (χ0v) is 15.6. The summed E-state index contributed by atoms with van der Waals surface area (Å²) in [5, 5.41) is 0. The molecule has 2 aliphatic heterocycles. The Morgan fingerprint density at radius 1 is 1.17 bits per heavy atom. The Labute approximate surface area is 151 Å². The highest BCUT2D eigenvalue weighted by atomic mass is 79.9. The van der Waals surface area contributed by atoms with E-state index in [2.05, 4.69) is 57.9 Å². The molecule has 2 atom stereocenters. The van der Waals surface area contributed by atoms with Gasteiger partial charge in [0.2, 0.25) is 0 Å².